The van der Waals surface area contributed by atoms with Crippen molar-refractivity contribution in [2.45, 2.75) is 13.0 Å². The van der Waals surface area contributed by atoms with E-state index in [-0.39, 0.29) is 11.9 Å². The summed E-state index contributed by atoms with van der Waals surface area (Å²) in [6.45, 7) is 2.23. The van der Waals surface area contributed by atoms with Gasteiger partial charge in [0.2, 0.25) is 0 Å². The van der Waals surface area contributed by atoms with Crippen molar-refractivity contribution in [3.05, 3.63) is 24.0 Å². The van der Waals surface area contributed by atoms with Gasteiger partial charge in [-0.05, 0) is 19.1 Å². The molecule has 0 fully saturated rings. The number of nitrogens with two attached hydrogens (primary N) is 1. The first kappa shape index (κ1) is 10.8. The van der Waals surface area contributed by atoms with Crippen LogP contribution >= 0.6 is 0 Å². The average Bonchev–Trinajstić information content (AvgIpc) is 2.10. The maximum Gasteiger partial charge on any atom is 0.167 e. The molecule has 0 saturated heterocycles. The molecule has 0 saturated carbocycles. The first-order valence-electron chi connectivity index (χ1n) is 4.34. The van der Waals surface area contributed by atoms with Gasteiger partial charge in [0, 0.05) is 18.9 Å². The Morgan fingerprint density at radius 1 is 1.50 bits per heavy atom. The van der Waals surface area contributed by atoms with Crippen molar-refractivity contribution in [2.24, 2.45) is 0 Å². The van der Waals surface area contributed by atoms with Gasteiger partial charge >= 0.3 is 0 Å². The minimum Gasteiger partial charge on any atom is -0.485 e. The summed E-state index contributed by atoms with van der Waals surface area (Å²) in [6.07, 6.45) is -0.182. The van der Waals surface area contributed by atoms with Gasteiger partial charge in [-0.1, -0.05) is 0 Å². The fourth-order valence-electron chi connectivity index (χ4n) is 1.10. The summed E-state index contributed by atoms with van der Waals surface area (Å²) in [5.74, 6) is -0.253. The van der Waals surface area contributed by atoms with E-state index in [4.69, 9.17) is 15.2 Å². The Morgan fingerprint density at radius 3 is 2.79 bits per heavy atom. The normalized spacial score (nSPS) is 12.5. The molecule has 0 aliphatic heterocycles. The van der Waals surface area contributed by atoms with E-state index in [2.05, 4.69) is 0 Å². The van der Waals surface area contributed by atoms with Gasteiger partial charge in [0.1, 0.15) is 6.10 Å². The van der Waals surface area contributed by atoms with E-state index in [1.807, 2.05) is 0 Å². The Labute approximate surface area is 82.6 Å². The van der Waals surface area contributed by atoms with Crippen LogP contribution in [-0.2, 0) is 4.74 Å². The minimum absolute atomic E-state index is 0.182. The van der Waals surface area contributed by atoms with Crippen molar-refractivity contribution in [3.63, 3.8) is 0 Å². The molecule has 14 heavy (non-hydrogen) atoms. The third-order valence-electron chi connectivity index (χ3n) is 1.69. The smallest absolute Gasteiger partial charge is 0.167 e. The van der Waals surface area contributed by atoms with E-state index < -0.39 is 5.82 Å². The Bertz CT molecular complexity index is 304. The van der Waals surface area contributed by atoms with Crippen LogP contribution in [0.4, 0.5) is 10.1 Å². The lowest BCUT2D eigenvalue weighted by Gasteiger charge is -2.14. The molecule has 1 rings (SSSR count). The zero-order chi connectivity index (χ0) is 10.6. The van der Waals surface area contributed by atoms with Crippen LogP contribution in [0, 0.1) is 5.82 Å². The molecule has 0 aliphatic carbocycles. The highest BCUT2D eigenvalue weighted by molar-refractivity contribution is 5.42. The number of nitrogen functional groups attached to an aromatic ring is 1. The Hall–Kier alpha value is -1.29. The Morgan fingerprint density at radius 2 is 2.21 bits per heavy atom. The topological polar surface area (TPSA) is 44.5 Å². The second-order valence-electron chi connectivity index (χ2n) is 3.07. The number of hydrogen-bond donors (Lipinski definition) is 1. The molecule has 1 aromatic carbocycles. The molecule has 0 aliphatic rings. The summed E-state index contributed by atoms with van der Waals surface area (Å²) in [5, 5.41) is 0. The third kappa shape index (κ3) is 2.88. The second kappa shape index (κ2) is 4.81. The molecule has 0 spiro atoms. The van der Waals surface area contributed by atoms with E-state index in [0.717, 1.165) is 0 Å². The molecule has 1 atom stereocenters. The van der Waals surface area contributed by atoms with Gasteiger partial charge < -0.3 is 15.2 Å². The molecule has 0 heterocycles. The van der Waals surface area contributed by atoms with Gasteiger partial charge in [-0.25, -0.2) is 4.39 Å². The fourth-order valence-corrected chi connectivity index (χ4v) is 1.10. The molecule has 3 nitrogen and oxygen atoms in total. The molecule has 4 heteroatoms. The lowest BCUT2D eigenvalue weighted by Crippen LogP contribution is -2.18. The fraction of sp³-hybridized carbons (Fsp3) is 0.400. The number of ether oxygens (including phenoxy) is 2. The van der Waals surface area contributed by atoms with Gasteiger partial charge in [-0.15, -0.1) is 0 Å². The van der Waals surface area contributed by atoms with Crippen LogP contribution in [-0.4, -0.2) is 19.8 Å². The number of methoxy groups -OCH3 is 1. The molecular weight excluding hydrogens is 185 g/mol. The SMILES string of the molecule is COCC(C)Oc1ccc(N)cc1F. The first-order chi connectivity index (χ1) is 6.63. The summed E-state index contributed by atoms with van der Waals surface area (Å²) in [4.78, 5) is 0. The summed E-state index contributed by atoms with van der Waals surface area (Å²) < 4.78 is 23.4. The monoisotopic (exact) mass is 199 g/mol. The van der Waals surface area contributed by atoms with Crippen LogP contribution in [0.2, 0.25) is 0 Å². The lowest BCUT2D eigenvalue weighted by atomic mass is 10.3. The molecule has 2 N–H and O–H groups in total. The van der Waals surface area contributed by atoms with Gasteiger partial charge in [-0.3, -0.25) is 0 Å². The van der Waals surface area contributed by atoms with Crippen LogP contribution in [0.3, 0.4) is 0 Å². The predicted octanol–water partition coefficient (Wildman–Crippen LogP) is 1.82. The number of rotatable bonds is 4. The van der Waals surface area contributed by atoms with Gasteiger partial charge in [0.05, 0.1) is 6.61 Å². The van der Waals surface area contributed by atoms with Crippen LogP contribution in [0.5, 0.6) is 5.75 Å². The molecule has 0 amide bonds. The summed E-state index contributed by atoms with van der Waals surface area (Å²) in [7, 11) is 1.57. The van der Waals surface area contributed by atoms with Gasteiger partial charge in [0.25, 0.3) is 0 Å². The van der Waals surface area contributed by atoms with E-state index in [1.165, 1.54) is 12.1 Å². The van der Waals surface area contributed by atoms with Crippen LogP contribution in [0.25, 0.3) is 0 Å². The number of halogens is 1. The van der Waals surface area contributed by atoms with Crippen LogP contribution in [0.15, 0.2) is 18.2 Å². The molecule has 0 bridgehead atoms. The minimum atomic E-state index is -0.451. The zero-order valence-electron chi connectivity index (χ0n) is 8.29. The van der Waals surface area contributed by atoms with Crippen molar-refractivity contribution in [3.8, 4) is 5.75 Å². The Balaban J connectivity index is 2.67. The van der Waals surface area contributed by atoms with Crippen LogP contribution < -0.4 is 10.5 Å². The summed E-state index contributed by atoms with van der Waals surface area (Å²) >= 11 is 0. The number of hydrogen-bond acceptors (Lipinski definition) is 3. The molecule has 0 radical (unpaired) electrons. The van der Waals surface area contributed by atoms with Crippen molar-refractivity contribution < 1.29 is 13.9 Å². The van der Waals surface area contributed by atoms with Gasteiger partial charge in [-0.2, -0.15) is 0 Å². The van der Waals surface area contributed by atoms with E-state index >= 15 is 0 Å². The number of anilines is 1. The predicted molar refractivity (Wildman–Crippen MR) is 52.8 cm³/mol. The molecular formula is C10H14FNO2. The second-order valence-corrected chi connectivity index (χ2v) is 3.07. The third-order valence-corrected chi connectivity index (χ3v) is 1.69. The highest BCUT2D eigenvalue weighted by Gasteiger charge is 2.08. The highest BCUT2D eigenvalue weighted by Crippen LogP contribution is 2.20. The molecule has 1 unspecified atom stereocenters. The van der Waals surface area contributed by atoms with Crippen molar-refractivity contribution in [2.75, 3.05) is 19.5 Å². The van der Waals surface area contributed by atoms with E-state index in [0.29, 0.717) is 12.3 Å². The van der Waals surface area contributed by atoms with Crippen LogP contribution in [0.1, 0.15) is 6.92 Å². The molecule has 1 aromatic rings. The van der Waals surface area contributed by atoms with E-state index in [9.17, 15) is 4.39 Å². The summed E-state index contributed by atoms with van der Waals surface area (Å²) in [5.41, 5.74) is 5.78. The maximum atomic E-state index is 13.2. The van der Waals surface area contributed by atoms with Crippen molar-refractivity contribution in [1.82, 2.24) is 0 Å². The maximum absolute atomic E-state index is 13.2. The quantitative estimate of drug-likeness (QED) is 0.752. The lowest BCUT2D eigenvalue weighted by molar-refractivity contribution is 0.0893. The number of benzene rings is 1. The summed E-state index contributed by atoms with van der Waals surface area (Å²) in [6, 6.07) is 4.34. The van der Waals surface area contributed by atoms with Crippen molar-refractivity contribution >= 4 is 5.69 Å². The Kier molecular flexibility index (Phi) is 3.71. The largest absolute Gasteiger partial charge is 0.485 e. The van der Waals surface area contributed by atoms with Gasteiger partial charge in [0.15, 0.2) is 11.6 Å². The first-order valence-corrected chi connectivity index (χ1v) is 4.34. The van der Waals surface area contributed by atoms with Crippen molar-refractivity contribution in [1.29, 1.82) is 0 Å². The molecule has 0 aromatic heterocycles. The average molecular weight is 199 g/mol. The highest BCUT2D eigenvalue weighted by atomic mass is 19.1. The standard InChI is InChI=1S/C10H14FNO2/c1-7(6-13-2)14-10-4-3-8(12)5-9(10)11/h3-5,7H,6,12H2,1-2H3. The molecule has 78 valence electrons. The zero-order valence-corrected chi connectivity index (χ0v) is 8.29. The van der Waals surface area contributed by atoms with E-state index in [1.54, 1.807) is 20.1 Å².